The van der Waals surface area contributed by atoms with Crippen LogP contribution in [0.25, 0.3) is 0 Å². The second-order valence-electron chi connectivity index (χ2n) is 5.09. The molecule has 0 radical (unpaired) electrons. The molecule has 0 N–H and O–H groups in total. The third-order valence-electron chi connectivity index (χ3n) is 3.14. The minimum absolute atomic E-state index is 0.169. The van der Waals surface area contributed by atoms with Crippen molar-refractivity contribution in [2.45, 2.75) is 34.1 Å². The monoisotopic (exact) mass is 378 g/mol. The van der Waals surface area contributed by atoms with E-state index in [1.807, 2.05) is 25.1 Å². The Morgan fingerprint density at radius 1 is 0.917 bits per heavy atom. The van der Waals surface area contributed by atoms with Gasteiger partial charge in [-0.15, -0.1) is 0 Å². The van der Waals surface area contributed by atoms with Gasteiger partial charge in [0.2, 0.25) is 0 Å². The van der Waals surface area contributed by atoms with Crippen molar-refractivity contribution in [3.05, 3.63) is 29.8 Å². The molecular formula is C16H28O6P2. The van der Waals surface area contributed by atoms with E-state index in [2.05, 4.69) is 0 Å². The Bertz CT molecular complexity index is 580. The number of hydrogen-bond acceptors (Lipinski definition) is 6. The van der Waals surface area contributed by atoms with E-state index in [0.717, 1.165) is 12.0 Å². The molecule has 1 rings (SSSR count). The molecule has 6 nitrogen and oxygen atoms in total. The summed E-state index contributed by atoms with van der Waals surface area (Å²) in [5.41, 5.74) is 1.12. The van der Waals surface area contributed by atoms with Crippen LogP contribution in [0.3, 0.4) is 0 Å². The molecule has 0 aliphatic carbocycles. The maximum absolute atomic E-state index is 13.0. The molecule has 138 valence electrons. The summed E-state index contributed by atoms with van der Waals surface area (Å²) in [5.74, 6) is 0.320. The van der Waals surface area contributed by atoms with Gasteiger partial charge in [0, 0.05) is 0 Å². The van der Waals surface area contributed by atoms with E-state index in [1.165, 1.54) is 0 Å². The first-order chi connectivity index (χ1) is 11.4. The highest BCUT2D eigenvalue weighted by molar-refractivity contribution is 7.73. The summed E-state index contributed by atoms with van der Waals surface area (Å²) in [5, 5.41) is 0. The molecule has 0 bridgehead atoms. The maximum atomic E-state index is 13.0. The Morgan fingerprint density at radius 2 is 1.54 bits per heavy atom. The number of rotatable bonds is 12. The standard InChI is InChI=1S/C16H28O6P2/c1-5-15-10-9-11-16(12-15)19-13-23(17,20-6-2)14-24(18,21-7-3)22-8-4/h9-12H,5-8,13-14H2,1-4H3. The Labute approximate surface area is 144 Å². The first-order valence-electron chi connectivity index (χ1n) is 8.22. The highest BCUT2D eigenvalue weighted by Crippen LogP contribution is 2.63. The third-order valence-corrected chi connectivity index (χ3v) is 8.80. The lowest BCUT2D eigenvalue weighted by atomic mass is 10.2. The molecule has 0 aliphatic rings. The van der Waals surface area contributed by atoms with E-state index >= 15 is 0 Å². The second-order valence-corrected chi connectivity index (χ2v) is 10.1. The third kappa shape index (κ3) is 7.08. The fourth-order valence-electron chi connectivity index (χ4n) is 2.16. The summed E-state index contributed by atoms with van der Waals surface area (Å²) >= 11 is 0. The summed E-state index contributed by atoms with van der Waals surface area (Å²) in [7, 11) is -6.80. The largest absolute Gasteiger partial charge is 0.483 e. The van der Waals surface area contributed by atoms with E-state index in [-0.39, 0.29) is 32.1 Å². The summed E-state index contributed by atoms with van der Waals surface area (Å²) in [6.07, 6.45) is 0.711. The molecule has 0 saturated carbocycles. The van der Waals surface area contributed by atoms with Gasteiger partial charge in [-0.2, -0.15) is 0 Å². The van der Waals surface area contributed by atoms with E-state index in [4.69, 9.17) is 18.3 Å². The van der Waals surface area contributed by atoms with Crippen molar-refractivity contribution in [3.8, 4) is 5.75 Å². The minimum atomic E-state index is -3.48. The summed E-state index contributed by atoms with van der Waals surface area (Å²) in [6.45, 7) is 7.86. The zero-order chi connectivity index (χ0) is 18.1. The molecule has 1 aromatic carbocycles. The summed E-state index contributed by atoms with van der Waals surface area (Å²) in [4.78, 5) is 0. The molecule has 8 heteroatoms. The van der Waals surface area contributed by atoms with Gasteiger partial charge in [0.25, 0.3) is 7.37 Å². The van der Waals surface area contributed by atoms with Crippen LogP contribution in [0.4, 0.5) is 0 Å². The quantitative estimate of drug-likeness (QED) is 0.470. The smallest absolute Gasteiger partial charge is 0.340 e. The zero-order valence-corrected chi connectivity index (χ0v) is 16.7. The number of aryl methyl sites for hydroxylation is 1. The van der Waals surface area contributed by atoms with Crippen molar-refractivity contribution in [1.82, 2.24) is 0 Å². The molecule has 0 aliphatic heterocycles. The number of ether oxygens (including phenoxy) is 1. The lowest BCUT2D eigenvalue weighted by Gasteiger charge is -2.23. The van der Waals surface area contributed by atoms with E-state index < -0.39 is 15.0 Å². The maximum Gasteiger partial charge on any atom is 0.340 e. The molecular weight excluding hydrogens is 350 g/mol. The Kier molecular flexibility index (Phi) is 9.25. The van der Waals surface area contributed by atoms with Crippen LogP contribution < -0.4 is 4.74 Å². The van der Waals surface area contributed by atoms with Crippen LogP contribution in [0.15, 0.2) is 24.3 Å². The van der Waals surface area contributed by atoms with Gasteiger partial charge < -0.3 is 18.3 Å². The lowest BCUT2D eigenvalue weighted by Crippen LogP contribution is -2.09. The first-order valence-corrected chi connectivity index (χ1v) is 11.9. The SMILES string of the molecule is CCOP(=O)(COc1cccc(CC)c1)CP(=O)(OCC)OCC. The van der Waals surface area contributed by atoms with Gasteiger partial charge in [0.15, 0.2) is 6.35 Å². The predicted molar refractivity (Wildman–Crippen MR) is 96.3 cm³/mol. The summed E-state index contributed by atoms with van der Waals surface area (Å²) in [6, 6.07) is 7.56. The first kappa shape index (κ1) is 21.4. The van der Waals surface area contributed by atoms with Crippen molar-refractivity contribution in [2.24, 2.45) is 0 Å². The molecule has 0 amide bonds. The fraction of sp³-hybridized carbons (Fsp3) is 0.625. The molecule has 1 aromatic rings. The molecule has 0 heterocycles. The van der Waals surface area contributed by atoms with Crippen molar-refractivity contribution in [3.63, 3.8) is 0 Å². The van der Waals surface area contributed by atoms with Crippen LogP contribution in [-0.2, 0) is 29.1 Å². The van der Waals surface area contributed by atoms with Gasteiger partial charge in [-0.3, -0.25) is 9.13 Å². The topological polar surface area (TPSA) is 71.1 Å². The van der Waals surface area contributed by atoms with Crippen LogP contribution in [0.5, 0.6) is 5.75 Å². The van der Waals surface area contributed by atoms with E-state index in [1.54, 1.807) is 26.8 Å². The Balaban J connectivity index is 2.86. The van der Waals surface area contributed by atoms with E-state index in [9.17, 15) is 9.13 Å². The van der Waals surface area contributed by atoms with Gasteiger partial charge in [-0.05, 0) is 44.9 Å². The van der Waals surface area contributed by atoms with Crippen molar-refractivity contribution in [1.29, 1.82) is 0 Å². The molecule has 1 atom stereocenters. The molecule has 0 fully saturated rings. The predicted octanol–water partition coefficient (Wildman–Crippen LogP) is 5.12. The van der Waals surface area contributed by atoms with Crippen LogP contribution in [-0.4, -0.2) is 32.1 Å². The zero-order valence-electron chi connectivity index (χ0n) is 14.9. The van der Waals surface area contributed by atoms with Gasteiger partial charge >= 0.3 is 7.60 Å². The van der Waals surface area contributed by atoms with Crippen molar-refractivity contribution < 1.29 is 27.4 Å². The fourth-order valence-corrected chi connectivity index (χ4v) is 7.33. The normalized spacial score (nSPS) is 14.3. The van der Waals surface area contributed by atoms with E-state index in [0.29, 0.717) is 5.75 Å². The van der Waals surface area contributed by atoms with Gasteiger partial charge in [0.1, 0.15) is 11.7 Å². The average Bonchev–Trinajstić information content (AvgIpc) is 2.53. The van der Waals surface area contributed by atoms with Crippen LogP contribution >= 0.6 is 15.0 Å². The average molecular weight is 378 g/mol. The van der Waals surface area contributed by atoms with Gasteiger partial charge in [-0.1, -0.05) is 19.1 Å². The second kappa shape index (κ2) is 10.4. The molecule has 0 aromatic heterocycles. The van der Waals surface area contributed by atoms with Gasteiger partial charge in [-0.25, -0.2) is 0 Å². The summed E-state index contributed by atoms with van der Waals surface area (Å²) < 4.78 is 47.2. The minimum Gasteiger partial charge on any atom is -0.483 e. The highest BCUT2D eigenvalue weighted by Gasteiger charge is 2.37. The number of hydrogen-bond donors (Lipinski definition) is 0. The van der Waals surface area contributed by atoms with Crippen molar-refractivity contribution in [2.75, 3.05) is 32.1 Å². The molecule has 0 saturated heterocycles. The molecule has 24 heavy (non-hydrogen) atoms. The Hall–Kier alpha value is -0.640. The molecule has 1 unspecified atom stereocenters. The highest BCUT2D eigenvalue weighted by atomic mass is 31.2. The molecule has 0 spiro atoms. The Morgan fingerprint density at radius 3 is 2.08 bits per heavy atom. The lowest BCUT2D eigenvalue weighted by molar-refractivity contribution is 0.221. The van der Waals surface area contributed by atoms with Gasteiger partial charge in [0.05, 0.1) is 19.8 Å². The van der Waals surface area contributed by atoms with Crippen molar-refractivity contribution >= 4 is 15.0 Å². The van der Waals surface area contributed by atoms with Crippen LogP contribution in [0.1, 0.15) is 33.3 Å². The van der Waals surface area contributed by atoms with Crippen LogP contribution in [0.2, 0.25) is 0 Å². The number of benzene rings is 1. The van der Waals surface area contributed by atoms with Crippen LogP contribution in [0, 0.1) is 0 Å².